The van der Waals surface area contributed by atoms with Crippen LogP contribution in [0.1, 0.15) is 47.3 Å². The van der Waals surface area contributed by atoms with Gasteiger partial charge in [-0.3, -0.25) is 9.69 Å². The number of aromatic nitrogens is 2. The highest BCUT2D eigenvalue weighted by molar-refractivity contribution is 8.00. The standard InChI is InChI=1S/C22H28N6OS/c1-15-9-17(20(12-23)30-14-28-8-2-6-24-21(29)13-28)11-18(10-15)26-22-25-7-5-19(27-22)16-3-4-16/h5,7,9-12,16,20,23H,2-4,6,8,13-14H2,1H3,(H,24,29)(H,25,26,27). The molecule has 0 bridgehead atoms. The smallest absolute Gasteiger partial charge is 0.234 e. The van der Waals surface area contributed by atoms with Crippen molar-refractivity contribution in [1.29, 1.82) is 5.41 Å². The second kappa shape index (κ2) is 9.57. The lowest BCUT2D eigenvalue weighted by molar-refractivity contribution is -0.121. The summed E-state index contributed by atoms with van der Waals surface area (Å²) in [5, 5.41) is 14.1. The maximum Gasteiger partial charge on any atom is 0.234 e. The molecular formula is C22H28N6OS. The van der Waals surface area contributed by atoms with Crippen LogP contribution in [0.3, 0.4) is 0 Å². The van der Waals surface area contributed by atoms with Crippen molar-refractivity contribution in [3.8, 4) is 0 Å². The zero-order valence-electron chi connectivity index (χ0n) is 17.2. The summed E-state index contributed by atoms with van der Waals surface area (Å²) in [7, 11) is 0. The molecule has 0 radical (unpaired) electrons. The van der Waals surface area contributed by atoms with Crippen molar-refractivity contribution in [3.63, 3.8) is 0 Å². The highest BCUT2D eigenvalue weighted by Gasteiger charge is 2.25. The van der Waals surface area contributed by atoms with Crippen LogP contribution < -0.4 is 10.6 Å². The van der Waals surface area contributed by atoms with Crippen LogP contribution in [-0.2, 0) is 4.79 Å². The van der Waals surface area contributed by atoms with Crippen molar-refractivity contribution in [1.82, 2.24) is 20.2 Å². The number of anilines is 2. The van der Waals surface area contributed by atoms with Gasteiger partial charge in [0, 0.05) is 48.7 Å². The highest BCUT2D eigenvalue weighted by atomic mass is 32.2. The van der Waals surface area contributed by atoms with Crippen molar-refractivity contribution in [2.75, 3.05) is 30.8 Å². The minimum absolute atomic E-state index is 0.0736. The molecular weight excluding hydrogens is 396 g/mol. The van der Waals surface area contributed by atoms with Gasteiger partial charge in [-0.15, -0.1) is 11.8 Å². The number of benzene rings is 1. The predicted octanol–water partition coefficient (Wildman–Crippen LogP) is 3.61. The van der Waals surface area contributed by atoms with E-state index in [2.05, 4.69) is 50.6 Å². The number of carbonyl (C=O) groups is 1. The number of rotatable bonds is 8. The Hall–Kier alpha value is -2.45. The lowest BCUT2D eigenvalue weighted by Crippen LogP contribution is -2.33. The summed E-state index contributed by atoms with van der Waals surface area (Å²) in [6, 6.07) is 8.25. The molecule has 1 amide bonds. The number of amides is 1. The minimum Gasteiger partial charge on any atom is -0.355 e. The molecule has 0 spiro atoms. The van der Waals surface area contributed by atoms with Gasteiger partial charge >= 0.3 is 0 Å². The molecule has 1 aromatic heterocycles. The van der Waals surface area contributed by atoms with Crippen LogP contribution in [0.2, 0.25) is 0 Å². The number of hydrogen-bond donors (Lipinski definition) is 3. The summed E-state index contributed by atoms with van der Waals surface area (Å²) in [6.07, 6.45) is 6.67. The maximum atomic E-state index is 11.8. The first-order chi connectivity index (χ1) is 14.6. The number of hydrogen-bond acceptors (Lipinski definition) is 7. The van der Waals surface area contributed by atoms with E-state index in [0.717, 1.165) is 47.9 Å². The van der Waals surface area contributed by atoms with Crippen LogP contribution in [0.15, 0.2) is 30.5 Å². The first-order valence-electron chi connectivity index (χ1n) is 10.4. The predicted molar refractivity (Wildman–Crippen MR) is 122 cm³/mol. The van der Waals surface area contributed by atoms with Gasteiger partial charge in [-0.1, -0.05) is 6.07 Å². The van der Waals surface area contributed by atoms with Gasteiger partial charge in [-0.2, -0.15) is 0 Å². The zero-order chi connectivity index (χ0) is 20.9. The van der Waals surface area contributed by atoms with Gasteiger partial charge in [0.2, 0.25) is 11.9 Å². The Morgan fingerprint density at radius 1 is 1.40 bits per heavy atom. The molecule has 158 valence electrons. The van der Waals surface area contributed by atoms with E-state index < -0.39 is 0 Å². The van der Waals surface area contributed by atoms with E-state index in [1.54, 1.807) is 11.8 Å². The Morgan fingerprint density at radius 3 is 3.07 bits per heavy atom. The molecule has 1 unspecified atom stereocenters. The molecule has 2 aromatic rings. The average Bonchev–Trinajstić information content (AvgIpc) is 3.57. The Bertz CT molecular complexity index is 916. The van der Waals surface area contributed by atoms with Gasteiger partial charge < -0.3 is 16.0 Å². The molecule has 1 saturated carbocycles. The molecule has 30 heavy (non-hydrogen) atoms. The fraction of sp³-hybridized carbons (Fsp3) is 0.455. The van der Waals surface area contributed by atoms with Gasteiger partial charge in [0.05, 0.1) is 11.8 Å². The van der Waals surface area contributed by atoms with E-state index in [1.807, 2.05) is 12.3 Å². The molecule has 2 fully saturated rings. The Morgan fingerprint density at radius 2 is 2.27 bits per heavy atom. The summed E-state index contributed by atoms with van der Waals surface area (Å²) >= 11 is 1.67. The fourth-order valence-corrected chi connectivity index (χ4v) is 4.64. The van der Waals surface area contributed by atoms with Crippen LogP contribution in [-0.4, -0.2) is 52.5 Å². The van der Waals surface area contributed by atoms with Gasteiger partial charge in [0.25, 0.3) is 0 Å². The van der Waals surface area contributed by atoms with E-state index >= 15 is 0 Å². The molecule has 4 rings (SSSR count). The molecule has 1 saturated heterocycles. The number of nitrogens with one attached hydrogen (secondary N) is 3. The summed E-state index contributed by atoms with van der Waals surface area (Å²) < 4.78 is 0. The normalized spacial score (nSPS) is 18.4. The lowest BCUT2D eigenvalue weighted by atomic mass is 10.1. The Balaban J connectivity index is 1.44. The van der Waals surface area contributed by atoms with Crippen molar-refractivity contribution in [2.24, 2.45) is 0 Å². The third kappa shape index (κ3) is 5.58. The Kier molecular flexibility index (Phi) is 6.64. The molecule has 1 aliphatic carbocycles. The number of carbonyl (C=O) groups excluding carboxylic acids is 1. The van der Waals surface area contributed by atoms with E-state index in [1.165, 1.54) is 19.1 Å². The van der Waals surface area contributed by atoms with Crippen LogP contribution >= 0.6 is 11.8 Å². The van der Waals surface area contributed by atoms with Gasteiger partial charge in [-0.25, -0.2) is 9.97 Å². The summed E-state index contributed by atoms with van der Waals surface area (Å²) in [5.41, 5.74) is 4.22. The third-order valence-electron chi connectivity index (χ3n) is 5.29. The molecule has 3 N–H and O–H groups in total. The van der Waals surface area contributed by atoms with Gasteiger partial charge in [0.1, 0.15) is 0 Å². The summed E-state index contributed by atoms with van der Waals surface area (Å²) in [4.78, 5) is 22.9. The first kappa shape index (κ1) is 20.8. The van der Waals surface area contributed by atoms with Crippen LogP contribution in [0.5, 0.6) is 0 Å². The van der Waals surface area contributed by atoms with Crippen LogP contribution in [0.25, 0.3) is 0 Å². The molecule has 2 aliphatic rings. The molecule has 8 heteroatoms. The van der Waals surface area contributed by atoms with Crippen molar-refractivity contribution >= 4 is 35.5 Å². The fourth-order valence-electron chi connectivity index (χ4n) is 3.62. The first-order valence-corrected chi connectivity index (χ1v) is 11.5. The van der Waals surface area contributed by atoms with Gasteiger partial charge in [0.15, 0.2) is 0 Å². The largest absolute Gasteiger partial charge is 0.355 e. The van der Waals surface area contributed by atoms with E-state index in [9.17, 15) is 4.79 Å². The topological polar surface area (TPSA) is 94.0 Å². The number of thioether (sulfide) groups is 1. The van der Waals surface area contributed by atoms with Crippen molar-refractivity contribution < 1.29 is 4.79 Å². The van der Waals surface area contributed by atoms with E-state index in [4.69, 9.17) is 5.41 Å². The number of nitrogens with zero attached hydrogens (tertiary/aromatic N) is 3. The lowest BCUT2D eigenvalue weighted by Gasteiger charge is -2.21. The summed E-state index contributed by atoms with van der Waals surface area (Å²) in [6.45, 7) is 4.12. The minimum atomic E-state index is -0.0736. The molecule has 7 nitrogen and oxygen atoms in total. The molecule has 1 aliphatic heterocycles. The monoisotopic (exact) mass is 424 g/mol. The summed E-state index contributed by atoms with van der Waals surface area (Å²) in [5.74, 6) is 2.00. The molecule has 2 heterocycles. The van der Waals surface area contributed by atoms with Crippen LogP contribution in [0.4, 0.5) is 11.6 Å². The third-order valence-corrected chi connectivity index (χ3v) is 6.57. The zero-order valence-corrected chi connectivity index (χ0v) is 18.0. The highest BCUT2D eigenvalue weighted by Crippen LogP contribution is 2.39. The quantitative estimate of drug-likeness (QED) is 0.561. The SMILES string of the molecule is Cc1cc(Nc2nccc(C3CC3)n2)cc(C(C=N)SCN2CCCNC(=O)C2)c1. The second-order valence-corrected chi connectivity index (χ2v) is 9.08. The van der Waals surface area contributed by atoms with Crippen LogP contribution in [0, 0.1) is 12.3 Å². The molecule has 1 aromatic carbocycles. The van der Waals surface area contributed by atoms with E-state index in [0.29, 0.717) is 18.4 Å². The number of aryl methyl sites for hydroxylation is 1. The second-order valence-electron chi connectivity index (χ2n) is 7.98. The Labute approximate surface area is 181 Å². The van der Waals surface area contributed by atoms with Gasteiger partial charge in [-0.05, 0) is 55.5 Å². The molecule has 1 atom stereocenters. The maximum absolute atomic E-state index is 11.8. The average molecular weight is 425 g/mol. The van der Waals surface area contributed by atoms with Crippen molar-refractivity contribution in [3.05, 3.63) is 47.3 Å². The van der Waals surface area contributed by atoms with E-state index in [-0.39, 0.29) is 11.2 Å². The van der Waals surface area contributed by atoms with Crippen molar-refractivity contribution in [2.45, 2.75) is 37.4 Å².